The minimum Gasteiger partial charge on any atom is -0.357 e. The number of halogens is 1. The smallest absolute Gasteiger partial charge is 0.252 e. The van der Waals surface area contributed by atoms with Crippen molar-refractivity contribution in [2.75, 3.05) is 26.4 Å². The molecular formula is C18H33IN4O3S3. The van der Waals surface area contributed by atoms with Gasteiger partial charge in [-0.15, -0.1) is 35.3 Å². The van der Waals surface area contributed by atoms with Gasteiger partial charge in [0, 0.05) is 53.4 Å². The summed E-state index contributed by atoms with van der Waals surface area (Å²) in [6, 6.07) is 3.71. The molecule has 11 heteroatoms. The van der Waals surface area contributed by atoms with E-state index in [9.17, 15) is 12.6 Å². The van der Waals surface area contributed by atoms with Crippen LogP contribution in [-0.2, 0) is 27.4 Å². The van der Waals surface area contributed by atoms with Gasteiger partial charge in [-0.1, -0.05) is 13.3 Å². The molecule has 168 valence electrons. The number of rotatable bonds is 8. The average Bonchev–Trinajstić information content (AvgIpc) is 3.15. The number of sulfonamides is 1. The molecule has 0 aliphatic heterocycles. The third-order valence-corrected chi connectivity index (χ3v) is 9.83. The van der Waals surface area contributed by atoms with Crippen LogP contribution in [0.2, 0.25) is 0 Å². The van der Waals surface area contributed by atoms with Crippen LogP contribution in [0.3, 0.4) is 0 Å². The van der Waals surface area contributed by atoms with Crippen LogP contribution in [0.25, 0.3) is 0 Å². The fourth-order valence-electron chi connectivity index (χ4n) is 3.18. The molecule has 3 atom stereocenters. The van der Waals surface area contributed by atoms with Crippen LogP contribution in [0, 0.1) is 0 Å². The lowest BCUT2D eigenvalue weighted by Gasteiger charge is -2.30. The first-order valence-electron chi connectivity index (χ1n) is 9.71. The van der Waals surface area contributed by atoms with E-state index in [4.69, 9.17) is 0 Å². The van der Waals surface area contributed by atoms with Crippen LogP contribution in [0.1, 0.15) is 44.4 Å². The molecule has 0 amide bonds. The van der Waals surface area contributed by atoms with Crippen molar-refractivity contribution in [3.63, 3.8) is 0 Å². The summed E-state index contributed by atoms with van der Waals surface area (Å²) in [5.41, 5.74) is 0. The van der Waals surface area contributed by atoms with Crippen molar-refractivity contribution in [1.29, 1.82) is 0 Å². The van der Waals surface area contributed by atoms with Gasteiger partial charge >= 0.3 is 0 Å². The summed E-state index contributed by atoms with van der Waals surface area (Å²) in [5.74, 6) is 1.43. The molecule has 0 spiro atoms. The van der Waals surface area contributed by atoms with Gasteiger partial charge in [-0.2, -0.15) is 0 Å². The molecule has 3 unspecified atom stereocenters. The van der Waals surface area contributed by atoms with Crippen LogP contribution >= 0.6 is 35.3 Å². The number of hydrogen-bond acceptors (Lipinski definition) is 5. The van der Waals surface area contributed by atoms with E-state index in [1.165, 1.54) is 29.7 Å². The molecule has 1 aliphatic rings. The van der Waals surface area contributed by atoms with Crippen LogP contribution in [0.15, 0.2) is 21.3 Å². The van der Waals surface area contributed by atoms with Crippen LogP contribution in [-0.4, -0.2) is 60.6 Å². The molecule has 29 heavy (non-hydrogen) atoms. The highest BCUT2D eigenvalue weighted by molar-refractivity contribution is 14.0. The summed E-state index contributed by atoms with van der Waals surface area (Å²) in [6.07, 6.45) is 4.05. The van der Waals surface area contributed by atoms with Crippen molar-refractivity contribution in [2.45, 2.75) is 61.6 Å². The standard InChI is InChI=1S/C18H32N4O3S3.HI/c1-5-19-18(21-14-8-7-9-16(12-14)27(23)6-2)20-13-15-10-11-17(26-15)28(24,25)22(3)4;/h10-11,14,16H,5-9,12-13H2,1-4H3,(H2,19,20,21);1H. The molecule has 0 saturated heterocycles. The van der Waals surface area contributed by atoms with Crippen LogP contribution < -0.4 is 10.6 Å². The summed E-state index contributed by atoms with van der Waals surface area (Å²) >= 11 is 1.25. The van der Waals surface area contributed by atoms with Crippen molar-refractivity contribution in [2.24, 2.45) is 4.99 Å². The Morgan fingerprint density at radius 3 is 2.66 bits per heavy atom. The van der Waals surface area contributed by atoms with Gasteiger partial charge in [0.25, 0.3) is 10.0 Å². The lowest BCUT2D eigenvalue weighted by molar-refractivity contribution is 0.413. The maximum atomic E-state index is 12.2. The maximum absolute atomic E-state index is 12.2. The van der Waals surface area contributed by atoms with E-state index in [-0.39, 0.29) is 35.3 Å². The van der Waals surface area contributed by atoms with Gasteiger partial charge in [0.2, 0.25) is 0 Å². The number of nitrogens with zero attached hydrogens (tertiary/aromatic N) is 2. The highest BCUT2D eigenvalue weighted by Crippen LogP contribution is 2.25. The highest BCUT2D eigenvalue weighted by atomic mass is 127. The van der Waals surface area contributed by atoms with Crippen molar-refractivity contribution >= 4 is 62.1 Å². The monoisotopic (exact) mass is 576 g/mol. The van der Waals surface area contributed by atoms with Gasteiger partial charge in [0.1, 0.15) is 4.21 Å². The minimum absolute atomic E-state index is 0. The maximum Gasteiger partial charge on any atom is 0.252 e. The molecule has 2 N–H and O–H groups in total. The zero-order chi connectivity index (χ0) is 20.7. The fourth-order valence-corrected chi connectivity index (χ4v) is 6.98. The molecule has 1 saturated carbocycles. The number of aliphatic imine (C=N–C) groups is 1. The summed E-state index contributed by atoms with van der Waals surface area (Å²) in [7, 11) is -1.09. The minimum atomic E-state index is -3.40. The molecule has 1 aliphatic carbocycles. The molecule has 1 aromatic rings. The molecule has 7 nitrogen and oxygen atoms in total. The van der Waals surface area contributed by atoms with E-state index in [2.05, 4.69) is 15.6 Å². The number of thiophene rings is 1. The summed E-state index contributed by atoms with van der Waals surface area (Å²) in [6.45, 7) is 5.15. The Bertz CT molecular complexity index is 796. The normalized spacial score (nSPS) is 21.5. The Balaban J connectivity index is 0.00000420. The molecule has 0 radical (unpaired) electrons. The van der Waals surface area contributed by atoms with Gasteiger partial charge in [0.15, 0.2) is 5.96 Å². The van der Waals surface area contributed by atoms with Crippen molar-refractivity contribution in [3.05, 3.63) is 17.0 Å². The van der Waals surface area contributed by atoms with E-state index in [0.29, 0.717) is 16.5 Å². The molecule has 1 fully saturated rings. The number of nitrogens with one attached hydrogen (secondary N) is 2. The fraction of sp³-hybridized carbons (Fsp3) is 0.722. The molecule has 1 aromatic heterocycles. The summed E-state index contributed by atoms with van der Waals surface area (Å²) in [4.78, 5) is 5.52. The van der Waals surface area contributed by atoms with Gasteiger partial charge < -0.3 is 10.6 Å². The predicted octanol–water partition coefficient (Wildman–Crippen LogP) is 2.75. The van der Waals surface area contributed by atoms with Gasteiger partial charge in [0.05, 0.1) is 6.54 Å². The Labute approximate surface area is 198 Å². The van der Waals surface area contributed by atoms with Gasteiger partial charge in [-0.05, 0) is 38.3 Å². The second kappa shape index (κ2) is 12.6. The molecule has 1 heterocycles. The Morgan fingerprint density at radius 2 is 2.03 bits per heavy atom. The van der Waals surface area contributed by atoms with E-state index < -0.39 is 20.8 Å². The van der Waals surface area contributed by atoms with Crippen molar-refractivity contribution in [1.82, 2.24) is 14.9 Å². The first kappa shape index (κ1) is 26.8. The third-order valence-electron chi connectivity index (χ3n) is 4.73. The largest absolute Gasteiger partial charge is 0.357 e. The predicted molar refractivity (Wildman–Crippen MR) is 133 cm³/mol. The average molecular weight is 577 g/mol. The van der Waals surface area contributed by atoms with Crippen LogP contribution in [0.5, 0.6) is 0 Å². The second-order valence-corrected chi connectivity index (χ2v) is 12.6. The molecule has 0 bridgehead atoms. The summed E-state index contributed by atoms with van der Waals surface area (Å²) in [5, 5.41) is 6.99. The highest BCUT2D eigenvalue weighted by Gasteiger charge is 2.26. The van der Waals surface area contributed by atoms with Crippen LogP contribution in [0.4, 0.5) is 0 Å². The zero-order valence-electron chi connectivity index (χ0n) is 17.5. The summed E-state index contributed by atoms with van der Waals surface area (Å²) < 4.78 is 38.1. The van der Waals surface area contributed by atoms with E-state index in [0.717, 1.165) is 43.1 Å². The first-order chi connectivity index (χ1) is 13.3. The van der Waals surface area contributed by atoms with E-state index >= 15 is 0 Å². The lowest BCUT2D eigenvalue weighted by atomic mass is 9.95. The second-order valence-electron chi connectivity index (χ2n) is 7.00. The lowest BCUT2D eigenvalue weighted by Crippen LogP contribution is -2.46. The SMILES string of the molecule is CCNC(=NCc1ccc(S(=O)(=O)N(C)C)s1)NC1CCCC(S(=O)CC)C1.I. The van der Waals surface area contributed by atoms with E-state index in [1.807, 2.05) is 19.9 Å². The van der Waals surface area contributed by atoms with E-state index in [1.54, 1.807) is 6.07 Å². The zero-order valence-corrected chi connectivity index (χ0v) is 22.3. The molecule has 2 rings (SSSR count). The third kappa shape index (κ3) is 7.75. The first-order valence-corrected chi connectivity index (χ1v) is 13.3. The Kier molecular flexibility index (Phi) is 11.6. The topological polar surface area (TPSA) is 90.9 Å². The van der Waals surface area contributed by atoms with Gasteiger partial charge in [-0.3, -0.25) is 4.21 Å². The van der Waals surface area contributed by atoms with Crippen molar-refractivity contribution in [3.8, 4) is 0 Å². The Hall–Kier alpha value is -0.240. The number of guanidine groups is 1. The molecular weight excluding hydrogens is 543 g/mol. The number of hydrogen-bond donors (Lipinski definition) is 2. The molecule has 0 aromatic carbocycles. The van der Waals surface area contributed by atoms with Gasteiger partial charge in [-0.25, -0.2) is 17.7 Å². The Morgan fingerprint density at radius 1 is 1.31 bits per heavy atom. The quantitative estimate of drug-likeness (QED) is 0.282. The van der Waals surface area contributed by atoms with Crippen molar-refractivity contribution < 1.29 is 12.6 Å².